The molecule has 1 aliphatic heterocycles. The molecule has 1 N–H and O–H groups in total. The van der Waals surface area contributed by atoms with E-state index in [1.54, 1.807) is 37.3 Å². The third kappa shape index (κ3) is 2.43. The Hall–Kier alpha value is -2.53. The highest BCUT2D eigenvalue weighted by Crippen LogP contribution is 2.43. The second-order valence-electron chi connectivity index (χ2n) is 5.29. The van der Waals surface area contributed by atoms with Crippen molar-refractivity contribution >= 4 is 34.9 Å². The lowest BCUT2D eigenvalue weighted by atomic mass is 10.0. The fourth-order valence-electron chi connectivity index (χ4n) is 2.79. The number of nitrogens with zero attached hydrogens (tertiary/aromatic N) is 1. The van der Waals surface area contributed by atoms with Gasteiger partial charge in [-0.1, -0.05) is 11.6 Å². The standard InChI is InChI=1S/C17H14ClNO4/c1-9-12-7-10(18)3-5-14(12)19(16(9)20)11-4-6-15(23-2)13(8-11)17(21)22/h3-9H,1-2H3,(H,21,22). The van der Waals surface area contributed by atoms with Crippen molar-refractivity contribution in [1.29, 1.82) is 0 Å². The summed E-state index contributed by atoms with van der Waals surface area (Å²) in [5, 5.41) is 9.87. The van der Waals surface area contributed by atoms with E-state index in [2.05, 4.69) is 0 Å². The van der Waals surface area contributed by atoms with Crippen molar-refractivity contribution in [2.24, 2.45) is 0 Å². The summed E-state index contributed by atoms with van der Waals surface area (Å²) in [5.74, 6) is -1.32. The molecule has 0 aliphatic carbocycles. The smallest absolute Gasteiger partial charge is 0.339 e. The van der Waals surface area contributed by atoms with Gasteiger partial charge >= 0.3 is 5.97 Å². The number of aromatic carboxylic acids is 1. The maximum atomic E-state index is 12.6. The minimum Gasteiger partial charge on any atom is -0.496 e. The van der Waals surface area contributed by atoms with Crippen molar-refractivity contribution in [2.75, 3.05) is 12.0 Å². The van der Waals surface area contributed by atoms with Crippen molar-refractivity contribution < 1.29 is 19.4 Å². The zero-order chi connectivity index (χ0) is 16.7. The summed E-state index contributed by atoms with van der Waals surface area (Å²) in [6, 6.07) is 9.89. The molecule has 23 heavy (non-hydrogen) atoms. The molecule has 5 nitrogen and oxygen atoms in total. The minimum atomic E-state index is -1.11. The van der Waals surface area contributed by atoms with Crippen molar-refractivity contribution in [3.05, 3.63) is 52.5 Å². The minimum absolute atomic E-state index is 0.00728. The van der Waals surface area contributed by atoms with Crippen LogP contribution in [0, 0.1) is 0 Å². The molecule has 2 aromatic carbocycles. The molecule has 0 spiro atoms. The predicted molar refractivity (Wildman–Crippen MR) is 87.0 cm³/mol. The van der Waals surface area contributed by atoms with Gasteiger partial charge in [-0.2, -0.15) is 0 Å². The van der Waals surface area contributed by atoms with Crippen LogP contribution in [0.3, 0.4) is 0 Å². The Kier molecular flexibility index (Phi) is 3.74. The van der Waals surface area contributed by atoms with E-state index >= 15 is 0 Å². The molecule has 1 atom stereocenters. The molecule has 118 valence electrons. The maximum absolute atomic E-state index is 12.6. The van der Waals surface area contributed by atoms with Crippen LogP contribution in [0.4, 0.5) is 11.4 Å². The van der Waals surface area contributed by atoms with Gasteiger partial charge in [-0.3, -0.25) is 9.69 Å². The van der Waals surface area contributed by atoms with Crippen LogP contribution in [0.5, 0.6) is 5.75 Å². The SMILES string of the molecule is COc1ccc(N2C(=O)C(C)c3cc(Cl)ccc32)cc1C(=O)O. The molecule has 2 aromatic rings. The first-order valence-electron chi connectivity index (χ1n) is 6.98. The number of hydrogen-bond acceptors (Lipinski definition) is 3. The Balaban J connectivity index is 2.15. The molecule has 0 radical (unpaired) electrons. The molecule has 0 aromatic heterocycles. The van der Waals surface area contributed by atoms with E-state index < -0.39 is 5.97 Å². The molecular formula is C17H14ClNO4. The molecule has 0 fully saturated rings. The summed E-state index contributed by atoms with van der Waals surface area (Å²) in [7, 11) is 1.40. The Morgan fingerprint density at radius 2 is 2.00 bits per heavy atom. The van der Waals surface area contributed by atoms with Crippen LogP contribution in [0.15, 0.2) is 36.4 Å². The monoisotopic (exact) mass is 331 g/mol. The van der Waals surface area contributed by atoms with Crippen LogP contribution in [0.25, 0.3) is 0 Å². The Labute approximate surface area is 138 Å². The van der Waals surface area contributed by atoms with Gasteiger partial charge in [0.1, 0.15) is 11.3 Å². The molecular weight excluding hydrogens is 318 g/mol. The second-order valence-corrected chi connectivity index (χ2v) is 5.72. The number of ether oxygens (including phenoxy) is 1. The first-order chi connectivity index (χ1) is 10.9. The number of methoxy groups -OCH3 is 1. The number of carboxylic acids is 1. The molecule has 6 heteroatoms. The summed E-state index contributed by atoms with van der Waals surface area (Å²) in [5.41, 5.74) is 2.04. The fourth-order valence-corrected chi connectivity index (χ4v) is 2.97. The summed E-state index contributed by atoms with van der Waals surface area (Å²) in [6.45, 7) is 1.80. The lowest BCUT2D eigenvalue weighted by molar-refractivity contribution is -0.118. The van der Waals surface area contributed by atoms with Gasteiger partial charge < -0.3 is 9.84 Å². The Bertz CT molecular complexity index is 818. The third-order valence-electron chi connectivity index (χ3n) is 3.96. The van der Waals surface area contributed by atoms with Gasteiger partial charge in [-0.15, -0.1) is 0 Å². The second kappa shape index (κ2) is 5.59. The molecule has 0 bridgehead atoms. The van der Waals surface area contributed by atoms with Crippen LogP contribution >= 0.6 is 11.6 Å². The molecule has 0 saturated carbocycles. The largest absolute Gasteiger partial charge is 0.496 e. The average Bonchev–Trinajstić information content (AvgIpc) is 2.78. The number of amides is 1. The summed E-state index contributed by atoms with van der Waals surface area (Å²) in [4.78, 5) is 25.5. The van der Waals surface area contributed by atoms with E-state index in [4.69, 9.17) is 16.3 Å². The number of halogens is 1. The number of benzene rings is 2. The molecule has 3 rings (SSSR count). The number of rotatable bonds is 3. The predicted octanol–water partition coefficient (Wildman–Crippen LogP) is 3.83. The van der Waals surface area contributed by atoms with Crippen molar-refractivity contribution in [3.63, 3.8) is 0 Å². The molecule has 1 unspecified atom stereocenters. The number of carboxylic acid groups (broad SMARTS) is 1. The number of hydrogen-bond donors (Lipinski definition) is 1. The lowest BCUT2D eigenvalue weighted by Gasteiger charge is -2.19. The van der Waals surface area contributed by atoms with Gasteiger partial charge in [-0.25, -0.2) is 4.79 Å². The molecule has 1 amide bonds. The fraction of sp³-hybridized carbons (Fsp3) is 0.176. The summed E-state index contributed by atoms with van der Waals surface area (Å²) in [6.07, 6.45) is 0. The quantitative estimate of drug-likeness (QED) is 0.928. The maximum Gasteiger partial charge on any atom is 0.339 e. The average molecular weight is 332 g/mol. The molecule has 1 heterocycles. The van der Waals surface area contributed by atoms with Crippen LogP contribution in [-0.2, 0) is 4.79 Å². The van der Waals surface area contributed by atoms with E-state index in [1.807, 2.05) is 0 Å². The summed E-state index contributed by atoms with van der Waals surface area (Å²) >= 11 is 6.01. The number of anilines is 2. The van der Waals surface area contributed by atoms with Gasteiger partial charge in [0.15, 0.2) is 0 Å². The zero-order valence-electron chi connectivity index (χ0n) is 12.5. The van der Waals surface area contributed by atoms with Crippen LogP contribution in [0.1, 0.15) is 28.8 Å². The number of carbonyl (C=O) groups is 2. The third-order valence-corrected chi connectivity index (χ3v) is 4.19. The van der Waals surface area contributed by atoms with Gasteiger partial charge in [0.25, 0.3) is 0 Å². The molecule has 0 saturated heterocycles. The van der Waals surface area contributed by atoms with Crippen LogP contribution in [0.2, 0.25) is 5.02 Å². The van der Waals surface area contributed by atoms with E-state index in [9.17, 15) is 14.7 Å². The normalized spacial score (nSPS) is 16.4. The van der Waals surface area contributed by atoms with Gasteiger partial charge in [0.05, 0.1) is 24.4 Å². The van der Waals surface area contributed by atoms with E-state index in [1.165, 1.54) is 18.1 Å². The van der Waals surface area contributed by atoms with Crippen LogP contribution < -0.4 is 9.64 Å². The van der Waals surface area contributed by atoms with Crippen molar-refractivity contribution in [2.45, 2.75) is 12.8 Å². The lowest BCUT2D eigenvalue weighted by Crippen LogP contribution is -2.23. The Morgan fingerprint density at radius 3 is 2.65 bits per heavy atom. The zero-order valence-corrected chi connectivity index (χ0v) is 13.3. The van der Waals surface area contributed by atoms with E-state index in [0.29, 0.717) is 16.4 Å². The highest BCUT2D eigenvalue weighted by molar-refractivity contribution is 6.31. The van der Waals surface area contributed by atoms with Crippen LogP contribution in [-0.4, -0.2) is 24.1 Å². The van der Waals surface area contributed by atoms with Gasteiger partial charge in [0.2, 0.25) is 5.91 Å². The van der Waals surface area contributed by atoms with Crippen molar-refractivity contribution in [3.8, 4) is 5.75 Å². The van der Waals surface area contributed by atoms with Crippen molar-refractivity contribution in [1.82, 2.24) is 0 Å². The highest BCUT2D eigenvalue weighted by Gasteiger charge is 2.35. The molecule has 1 aliphatic rings. The number of fused-ring (bicyclic) bond motifs is 1. The van der Waals surface area contributed by atoms with Gasteiger partial charge in [0, 0.05) is 5.02 Å². The number of carbonyl (C=O) groups excluding carboxylic acids is 1. The highest BCUT2D eigenvalue weighted by atomic mass is 35.5. The first-order valence-corrected chi connectivity index (χ1v) is 7.36. The Morgan fingerprint density at radius 1 is 1.26 bits per heavy atom. The van der Waals surface area contributed by atoms with Gasteiger partial charge in [-0.05, 0) is 48.9 Å². The summed E-state index contributed by atoms with van der Waals surface area (Å²) < 4.78 is 5.06. The van der Waals surface area contributed by atoms with E-state index in [0.717, 1.165) is 5.56 Å². The first kappa shape index (κ1) is 15.4. The van der Waals surface area contributed by atoms with E-state index in [-0.39, 0.29) is 23.1 Å². The topological polar surface area (TPSA) is 66.8 Å².